The lowest BCUT2D eigenvalue weighted by Gasteiger charge is -2.34. The van der Waals surface area contributed by atoms with Crippen molar-refractivity contribution in [1.29, 1.82) is 0 Å². The number of alkyl halides is 3. The van der Waals surface area contributed by atoms with E-state index in [1.54, 1.807) is 14.0 Å². The van der Waals surface area contributed by atoms with E-state index in [0.717, 1.165) is 19.4 Å². The molecule has 0 spiro atoms. The first-order chi connectivity index (χ1) is 10.9. The summed E-state index contributed by atoms with van der Waals surface area (Å²) >= 11 is 0. The maximum Gasteiger partial charge on any atom is 0.389 e. The summed E-state index contributed by atoms with van der Waals surface area (Å²) in [6.07, 6.45) is -2.69. The lowest BCUT2D eigenvalue weighted by molar-refractivity contribution is -0.149. The first-order valence-electron chi connectivity index (χ1n) is 8.06. The van der Waals surface area contributed by atoms with E-state index in [4.69, 9.17) is 4.74 Å². The Labute approximate surface area is 135 Å². The van der Waals surface area contributed by atoms with Crippen LogP contribution in [0.1, 0.15) is 39.0 Å². The predicted molar refractivity (Wildman–Crippen MR) is 82.2 cm³/mol. The van der Waals surface area contributed by atoms with Crippen molar-refractivity contribution in [2.45, 2.75) is 45.2 Å². The van der Waals surface area contributed by atoms with Gasteiger partial charge in [0.05, 0.1) is 12.5 Å². The topological polar surface area (TPSA) is 53.9 Å². The molecule has 23 heavy (non-hydrogen) atoms. The number of piperidine rings is 1. The molecule has 1 atom stereocenters. The van der Waals surface area contributed by atoms with Gasteiger partial charge < -0.3 is 15.0 Å². The highest BCUT2D eigenvalue weighted by atomic mass is 19.4. The zero-order chi connectivity index (χ0) is 17.3. The predicted octanol–water partition coefficient (Wildman–Crippen LogP) is 2.57. The van der Waals surface area contributed by atoms with Gasteiger partial charge in [-0.1, -0.05) is 0 Å². The normalized spacial score (nSPS) is 19.6. The summed E-state index contributed by atoms with van der Waals surface area (Å²) in [7, 11) is 1.63. The molecule has 1 N–H and O–H groups in total. The van der Waals surface area contributed by atoms with Crippen molar-refractivity contribution in [2.24, 2.45) is 10.9 Å². The molecule has 0 radical (unpaired) electrons. The van der Waals surface area contributed by atoms with E-state index < -0.39 is 12.6 Å². The van der Waals surface area contributed by atoms with Crippen LogP contribution in [-0.4, -0.2) is 56.3 Å². The van der Waals surface area contributed by atoms with E-state index in [9.17, 15) is 18.0 Å². The molecule has 0 bridgehead atoms. The number of likely N-dealkylation sites (tertiary alicyclic amines) is 1. The second kappa shape index (κ2) is 9.62. The molecule has 8 heteroatoms. The van der Waals surface area contributed by atoms with E-state index in [2.05, 4.69) is 10.3 Å². The van der Waals surface area contributed by atoms with Crippen molar-refractivity contribution in [2.75, 3.05) is 33.3 Å². The Bertz CT molecular complexity index is 400. The highest BCUT2D eigenvalue weighted by Crippen LogP contribution is 2.22. The standard InChI is InChI=1S/C15H26F3N3O2/c1-3-23-13(22)12-7-6-10-21(11-12)14(19-2)20-9-5-4-8-15(16,17)18/h12H,3-11H2,1-2H3,(H,19,20). The monoisotopic (exact) mass is 337 g/mol. The van der Waals surface area contributed by atoms with E-state index in [1.807, 2.05) is 4.90 Å². The molecule has 1 unspecified atom stereocenters. The fraction of sp³-hybridized carbons (Fsp3) is 0.867. The minimum Gasteiger partial charge on any atom is -0.466 e. The number of aliphatic imine (C=N–C) groups is 1. The van der Waals surface area contributed by atoms with E-state index in [1.165, 1.54) is 0 Å². The number of unbranched alkanes of at least 4 members (excludes halogenated alkanes) is 1. The number of nitrogens with one attached hydrogen (secondary N) is 1. The summed E-state index contributed by atoms with van der Waals surface area (Å²) in [5.74, 6) is 0.260. The summed E-state index contributed by atoms with van der Waals surface area (Å²) in [4.78, 5) is 18.0. The van der Waals surface area contributed by atoms with Gasteiger partial charge in [-0.15, -0.1) is 0 Å². The van der Waals surface area contributed by atoms with Crippen LogP contribution in [0.15, 0.2) is 4.99 Å². The van der Waals surface area contributed by atoms with Crippen LogP contribution in [0, 0.1) is 5.92 Å². The number of hydrogen-bond acceptors (Lipinski definition) is 3. The third-order valence-electron chi connectivity index (χ3n) is 3.72. The van der Waals surface area contributed by atoms with Crippen LogP contribution in [-0.2, 0) is 9.53 Å². The van der Waals surface area contributed by atoms with E-state index in [-0.39, 0.29) is 18.3 Å². The minimum absolute atomic E-state index is 0.0962. The first-order valence-corrected chi connectivity index (χ1v) is 8.06. The Hall–Kier alpha value is -1.47. The molecule has 0 saturated carbocycles. The molecular weight excluding hydrogens is 311 g/mol. The van der Waals surface area contributed by atoms with Crippen molar-refractivity contribution in [1.82, 2.24) is 10.2 Å². The molecule has 1 rings (SSSR count). The number of guanidine groups is 1. The van der Waals surface area contributed by atoms with Crippen LogP contribution < -0.4 is 5.32 Å². The van der Waals surface area contributed by atoms with Crippen LogP contribution >= 0.6 is 0 Å². The average Bonchev–Trinajstić information content (AvgIpc) is 2.50. The fourth-order valence-electron chi connectivity index (χ4n) is 2.60. The Morgan fingerprint density at radius 1 is 1.39 bits per heavy atom. The van der Waals surface area contributed by atoms with Gasteiger partial charge in [0, 0.05) is 33.1 Å². The number of carbonyl (C=O) groups excluding carboxylic acids is 1. The quantitative estimate of drug-likeness (QED) is 0.350. The van der Waals surface area contributed by atoms with Gasteiger partial charge in [0.1, 0.15) is 0 Å². The molecule has 0 aromatic rings. The van der Waals surface area contributed by atoms with Crippen LogP contribution in [0.2, 0.25) is 0 Å². The molecule has 5 nitrogen and oxygen atoms in total. The minimum atomic E-state index is -4.10. The van der Waals surface area contributed by atoms with Crippen molar-refractivity contribution in [3.05, 3.63) is 0 Å². The molecule has 1 aliphatic rings. The van der Waals surface area contributed by atoms with Crippen LogP contribution in [0.4, 0.5) is 13.2 Å². The second-order valence-electron chi connectivity index (χ2n) is 5.58. The number of carbonyl (C=O) groups is 1. The van der Waals surface area contributed by atoms with Gasteiger partial charge in [0.2, 0.25) is 0 Å². The molecule has 1 aliphatic heterocycles. The van der Waals surface area contributed by atoms with E-state index >= 15 is 0 Å². The summed E-state index contributed by atoms with van der Waals surface area (Å²) in [6.45, 7) is 3.88. The lowest BCUT2D eigenvalue weighted by atomic mass is 9.98. The van der Waals surface area contributed by atoms with Gasteiger partial charge in [-0.3, -0.25) is 9.79 Å². The Morgan fingerprint density at radius 2 is 2.13 bits per heavy atom. The largest absolute Gasteiger partial charge is 0.466 e. The maximum absolute atomic E-state index is 12.1. The fourth-order valence-corrected chi connectivity index (χ4v) is 2.60. The number of nitrogens with zero attached hydrogens (tertiary/aromatic N) is 2. The molecule has 134 valence electrons. The van der Waals surface area contributed by atoms with Gasteiger partial charge in [-0.25, -0.2) is 0 Å². The molecule has 1 fully saturated rings. The number of ether oxygens (including phenoxy) is 1. The molecule has 0 aliphatic carbocycles. The molecule has 1 heterocycles. The van der Waals surface area contributed by atoms with Gasteiger partial charge in [-0.05, 0) is 32.6 Å². The number of esters is 1. The Kier molecular flexibility index (Phi) is 8.19. The molecule has 0 aromatic heterocycles. The Morgan fingerprint density at radius 3 is 2.74 bits per heavy atom. The molecular formula is C15H26F3N3O2. The summed E-state index contributed by atoms with van der Waals surface area (Å²) in [5, 5.41) is 3.07. The molecule has 0 amide bonds. The number of halogens is 3. The number of hydrogen-bond donors (Lipinski definition) is 1. The van der Waals surface area contributed by atoms with E-state index in [0.29, 0.717) is 32.1 Å². The van der Waals surface area contributed by atoms with Crippen molar-refractivity contribution >= 4 is 11.9 Å². The van der Waals surface area contributed by atoms with Crippen LogP contribution in [0.25, 0.3) is 0 Å². The number of rotatable bonds is 6. The maximum atomic E-state index is 12.1. The second-order valence-corrected chi connectivity index (χ2v) is 5.58. The SMILES string of the molecule is CCOC(=O)C1CCCN(C(=NC)NCCCCC(F)(F)F)C1. The van der Waals surface area contributed by atoms with Crippen molar-refractivity contribution < 1.29 is 22.7 Å². The average molecular weight is 337 g/mol. The molecule has 1 saturated heterocycles. The molecule has 0 aromatic carbocycles. The summed E-state index contributed by atoms with van der Waals surface area (Å²) < 4.78 is 41.3. The van der Waals surface area contributed by atoms with Gasteiger partial charge >= 0.3 is 12.1 Å². The zero-order valence-corrected chi connectivity index (χ0v) is 13.8. The Balaban J connectivity index is 2.37. The van der Waals surface area contributed by atoms with Crippen molar-refractivity contribution in [3.8, 4) is 0 Å². The van der Waals surface area contributed by atoms with Gasteiger partial charge in [0.25, 0.3) is 0 Å². The van der Waals surface area contributed by atoms with Gasteiger partial charge in [0.15, 0.2) is 5.96 Å². The summed E-state index contributed by atoms with van der Waals surface area (Å²) in [5.41, 5.74) is 0. The first kappa shape index (κ1) is 19.6. The smallest absolute Gasteiger partial charge is 0.389 e. The lowest BCUT2D eigenvalue weighted by Crippen LogP contribution is -2.48. The third kappa shape index (κ3) is 7.56. The summed E-state index contributed by atoms with van der Waals surface area (Å²) in [6, 6.07) is 0. The third-order valence-corrected chi connectivity index (χ3v) is 3.72. The van der Waals surface area contributed by atoms with Crippen molar-refractivity contribution in [3.63, 3.8) is 0 Å². The van der Waals surface area contributed by atoms with Crippen LogP contribution in [0.3, 0.4) is 0 Å². The van der Waals surface area contributed by atoms with Gasteiger partial charge in [-0.2, -0.15) is 13.2 Å². The zero-order valence-electron chi connectivity index (χ0n) is 13.8. The highest BCUT2D eigenvalue weighted by molar-refractivity contribution is 5.81. The highest BCUT2D eigenvalue weighted by Gasteiger charge is 2.28. The van der Waals surface area contributed by atoms with Crippen LogP contribution in [0.5, 0.6) is 0 Å².